The predicted molar refractivity (Wildman–Crippen MR) is 140 cm³/mol. The normalized spacial score (nSPS) is 11.1. The van der Waals surface area contributed by atoms with Crippen molar-refractivity contribution >= 4 is 22.9 Å². The number of hydrogen-bond acceptors (Lipinski definition) is 5. The number of amides is 1. The molecule has 1 heterocycles. The number of carbonyl (C=O) groups excluding carboxylic acids is 1. The van der Waals surface area contributed by atoms with E-state index in [-0.39, 0.29) is 11.4 Å². The van der Waals surface area contributed by atoms with E-state index in [4.69, 9.17) is 4.74 Å². The predicted octanol–water partition coefficient (Wildman–Crippen LogP) is 5.59. The molecule has 7 nitrogen and oxygen atoms in total. The Morgan fingerprint density at radius 3 is 2.67 bits per heavy atom. The van der Waals surface area contributed by atoms with Crippen molar-refractivity contribution in [3.8, 4) is 22.8 Å². The van der Waals surface area contributed by atoms with E-state index in [1.165, 1.54) is 11.8 Å². The number of hydrazone groups is 1. The molecule has 1 aromatic heterocycles. The van der Waals surface area contributed by atoms with Crippen molar-refractivity contribution in [1.29, 1.82) is 0 Å². The first-order chi connectivity index (χ1) is 17.6. The number of carbonyl (C=O) groups is 1. The van der Waals surface area contributed by atoms with Crippen LogP contribution >= 0.6 is 0 Å². The molecule has 0 aliphatic heterocycles. The summed E-state index contributed by atoms with van der Waals surface area (Å²) in [6, 6.07) is 28.4. The third-order valence-electron chi connectivity index (χ3n) is 5.81. The molecule has 1 amide bonds. The molecule has 0 fully saturated rings. The molecule has 36 heavy (non-hydrogen) atoms. The van der Waals surface area contributed by atoms with Gasteiger partial charge < -0.3 is 9.84 Å². The van der Waals surface area contributed by atoms with Crippen LogP contribution in [0.5, 0.6) is 11.5 Å². The third-order valence-corrected chi connectivity index (χ3v) is 5.81. The molecule has 0 aliphatic rings. The lowest BCUT2D eigenvalue weighted by Gasteiger charge is -2.10. The zero-order valence-electron chi connectivity index (χ0n) is 19.6. The van der Waals surface area contributed by atoms with Crippen molar-refractivity contribution in [1.82, 2.24) is 15.6 Å². The maximum absolute atomic E-state index is 12.7. The number of aromatic amines is 1. The van der Waals surface area contributed by atoms with Crippen molar-refractivity contribution in [2.75, 3.05) is 0 Å². The van der Waals surface area contributed by atoms with E-state index in [0.717, 1.165) is 21.9 Å². The number of phenolic OH excluding ortho intramolecular Hbond substituents is 1. The minimum atomic E-state index is -0.456. The van der Waals surface area contributed by atoms with Crippen LogP contribution in [0.25, 0.3) is 22.0 Å². The minimum absolute atomic E-state index is 0.0813. The van der Waals surface area contributed by atoms with Crippen LogP contribution in [0.3, 0.4) is 0 Å². The van der Waals surface area contributed by atoms with Crippen LogP contribution in [0.4, 0.5) is 0 Å². The molecule has 0 spiro atoms. The lowest BCUT2D eigenvalue weighted by atomic mass is 10.0. The highest BCUT2D eigenvalue weighted by Gasteiger charge is 2.14. The number of rotatable bonds is 7. The van der Waals surface area contributed by atoms with E-state index in [2.05, 4.69) is 20.7 Å². The van der Waals surface area contributed by atoms with Gasteiger partial charge in [0, 0.05) is 11.1 Å². The highest BCUT2D eigenvalue weighted by atomic mass is 16.5. The lowest BCUT2D eigenvalue weighted by molar-refractivity contribution is 0.0950. The summed E-state index contributed by atoms with van der Waals surface area (Å²) in [5.74, 6) is 0.293. The number of nitrogens with zero attached hydrogens (tertiary/aromatic N) is 2. The second-order valence-corrected chi connectivity index (χ2v) is 8.36. The summed E-state index contributed by atoms with van der Waals surface area (Å²) in [7, 11) is 0. The molecular formula is C29H24N4O3. The molecule has 0 unspecified atom stereocenters. The Morgan fingerprint density at radius 1 is 1.03 bits per heavy atom. The monoisotopic (exact) mass is 476 g/mol. The number of benzene rings is 4. The number of fused-ring (bicyclic) bond motifs is 1. The highest BCUT2D eigenvalue weighted by molar-refractivity contribution is 6.03. The van der Waals surface area contributed by atoms with Gasteiger partial charge in [0.25, 0.3) is 5.91 Å². The number of aromatic nitrogens is 2. The molecule has 178 valence electrons. The topological polar surface area (TPSA) is 99.6 Å². The summed E-state index contributed by atoms with van der Waals surface area (Å²) in [5, 5.41) is 23.1. The first-order valence-electron chi connectivity index (χ1n) is 11.5. The molecule has 0 aliphatic carbocycles. The van der Waals surface area contributed by atoms with E-state index in [9.17, 15) is 9.90 Å². The summed E-state index contributed by atoms with van der Waals surface area (Å²) < 4.78 is 6.05. The molecule has 7 heteroatoms. The van der Waals surface area contributed by atoms with Crippen molar-refractivity contribution in [3.05, 3.63) is 113 Å². The highest BCUT2D eigenvalue weighted by Crippen LogP contribution is 2.29. The molecule has 0 bridgehead atoms. The first kappa shape index (κ1) is 22.9. The summed E-state index contributed by atoms with van der Waals surface area (Å²) in [4.78, 5) is 12.7. The molecular weight excluding hydrogens is 452 g/mol. The first-order valence-corrected chi connectivity index (χ1v) is 11.5. The fraction of sp³-hybridized carbons (Fsp3) is 0.0690. The Kier molecular flexibility index (Phi) is 6.44. The van der Waals surface area contributed by atoms with Gasteiger partial charge in [0.2, 0.25) is 0 Å². The van der Waals surface area contributed by atoms with Gasteiger partial charge in [-0.25, -0.2) is 5.43 Å². The molecule has 0 saturated heterocycles. The number of aromatic hydroxyl groups is 1. The third kappa shape index (κ3) is 4.95. The van der Waals surface area contributed by atoms with Gasteiger partial charge in [0.1, 0.15) is 23.8 Å². The number of nitrogens with one attached hydrogen (secondary N) is 2. The lowest BCUT2D eigenvalue weighted by Crippen LogP contribution is -2.18. The van der Waals surface area contributed by atoms with Crippen molar-refractivity contribution < 1.29 is 14.6 Å². The molecule has 3 N–H and O–H groups in total. The Morgan fingerprint density at radius 2 is 1.81 bits per heavy atom. The Labute approximate surface area is 208 Å². The number of phenols is 1. The fourth-order valence-electron chi connectivity index (χ4n) is 3.86. The van der Waals surface area contributed by atoms with Crippen LogP contribution in [0, 0.1) is 6.92 Å². The van der Waals surface area contributed by atoms with Gasteiger partial charge in [-0.2, -0.15) is 10.2 Å². The van der Waals surface area contributed by atoms with Crippen LogP contribution < -0.4 is 10.2 Å². The standard InChI is InChI=1S/C29H24N4O3/c1-19-10-12-20(13-11-19)18-36-28-9-5-4-8-23(28)25-16-26(32-31-25)29(35)33-30-17-24-22-7-3-2-6-21(22)14-15-27(24)34/h2-17,34H,18H2,1H3,(H,31,32)(H,33,35). The van der Waals surface area contributed by atoms with Crippen LogP contribution in [0.15, 0.2) is 96.1 Å². The quantitative estimate of drug-likeness (QED) is 0.211. The summed E-state index contributed by atoms with van der Waals surface area (Å²) >= 11 is 0. The number of H-pyrrole nitrogens is 1. The fourth-order valence-corrected chi connectivity index (χ4v) is 3.86. The molecule has 0 radical (unpaired) electrons. The Balaban J connectivity index is 1.29. The Hall–Kier alpha value is -4.91. The molecule has 0 saturated carbocycles. The average molecular weight is 477 g/mol. The number of para-hydroxylation sites is 1. The summed E-state index contributed by atoms with van der Waals surface area (Å²) in [6.07, 6.45) is 1.43. The smallest absolute Gasteiger partial charge is 0.289 e. The summed E-state index contributed by atoms with van der Waals surface area (Å²) in [5.41, 5.74) is 6.86. The number of aryl methyl sites for hydroxylation is 1. The molecule has 4 aromatic carbocycles. The van der Waals surface area contributed by atoms with E-state index >= 15 is 0 Å². The van der Waals surface area contributed by atoms with Crippen molar-refractivity contribution in [2.24, 2.45) is 5.10 Å². The van der Waals surface area contributed by atoms with E-state index in [0.29, 0.717) is 23.6 Å². The van der Waals surface area contributed by atoms with Crippen LogP contribution in [0.2, 0.25) is 0 Å². The second-order valence-electron chi connectivity index (χ2n) is 8.36. The summed E-state index contributed by atoms with van der Waals surface area (Å²) in [6.45, 7) is 2.47. The van der Waals surface area contributed by atoms with Gasteiger partial charge in [-0.15, -0.1) is 0 Å². The van der Waals surface area contributed by atoms with Gasteiger partial charge in [-0.1, -0.05) is 72.3 Å². The molecule has 5 rings (SSSR count). The van der Waals surface area contributed by atoms with Gasteiger partial charge in [-0.3, -0.25) is 9.89 Å². The van der Waals surface area contributed by atoms with E-state index < -0.39 is 5.91 Å². The zero-order valence-corrected chi connectivity index (χ0v) is 19.6. The average Bonchev–Trinajstić information content (AvgIpc) is 3.40. The molecule has 0 atom stereocenters. The van der Waals surface area contributed by atoms with Gasteiger partial charge in [0.05, 0.1) is 11.9 Å². The van der Waals surface area contributed by atoms with Gasteiger partial charge in [0.15, 0.2) is 0 Å². The van der Waals surface area contributed by atoms with E-state index in [1.54, 1.807) is 12.1 Å². The second kappa shape index (κ2) is 10.1. The van der Waals surface area contributed by atoms with Crippen LogP contribution in [-0.2, 0) is 6.61 Å². The SMILES string of the molecule is Cc1ccc(COc2ccccc2-c2cc(C(=O)NN=Cc3c(O)ccc4ccccc34)[nH]n2)cc1. The Bertz CT molecular complexity index is 1550. The van der Waals surface area contributed by atoms with Crippen molar-refractivity contribution in [2.45, 2.75) is 13.5 Å². The maximum Gasteiger partial charge on any atom is 0.289 e. The van der Waals surface area contributed by atoms with Gasteiger partial charge in [-0.05, 0) is 47.5 Å². The maximum atomic E-state index is 12.7. The van der Waals surface area contributed by atoms with Crippen LogP contribution in [0.1, 0.15) is 27.2 Å². The zero-order chi connectivity index (χ0) is 24.9. The number of ether oxygens (including phenoxy) is 1. The van der Waals surface area contributed by atoms with E-state index in [1.807, 2.05) is 85.8 Å². The minimum Gasteiger partial charge on any atom is -0.507 e. The van der Waals surface area contributed by atoms with Crippen molar-refractivity contribution in [3.63, 3.8) is 0 Å². The number of hydrogen-bond donors (Lipinski definition) is 3. The van der Waals surface area contributed by atoms with Gasteiger partial charge >= 0.3 is 0 Å². The molecule has 5 aromatic rings. The van der Waals surface area contributed by atoms with Crippen LogP contribution in [-0.4, -0.2) is 27.4 Å². The largest absolute Gasteiger partial charge is 0.507 e.